The van der Waals surface area contributed by atoms with Crippen LogP contribution in [0.2, 0.25) is 0 Å². The lowest BCUT2D eigenvalue weighted by molar-refractivity contribution is -0.123. The SMILES string of the molecule is Cc1cccc(OCC(C)NC(=O)CC(C)C2CCNCC2)c1.Cl. The van der Waals surface area contributed by atoms with E-state index in [9.17, 15) is 4.79 Å². The number of amides is 1. The summed E-state index contributed by atoms with van der Waals surface area (Å²) in [5.74, 6) is 2.10. The molecule has 1 amide bonds. The van der Waals surface area contributed by atoms with Crippen molar-refractivity contribution in [2.24, 2.45) is 11.8 Å². The summed E-state index contributed by atoms with van der Waals surface area (Å²) in [5, 5.41) is 6.43. The molecule has 2 unspecified atom stereocenters. The smallest absolute Gasteiger partial charge is 0.220 e. The monoisotopic (exact) mass is 354 g/mol. The van der Waals surface area contributed by atoms with Crippen molar-refractivity contribution >= 4 is 18.3 Å². The number of ether oxygens (including phenoxy) is 1. The number of hydrogen-bond acceptors (Lipinski definition) is 3. The van der Waals surface area contributed by atoms with Crippen molar-refractivity contribution in [2.75, 3.05) is 19.7 Å². The number of carbonyl (C=O) groups is 1. The molecule has 1 aromatic carbocycles. The van der Waals surface area contributed by atoms with Gasteiger partial charge in [-0.05, 0) is 69.3 Å². The molecule has 1 fully saturated rings. The van der Waals surface area contributed by atoms with E-state index in [0.717, 1.165) is 18.8 Å². The highest BCUT2D eigenvalue weighted by Crippen LogP contribution is 2.24. The van der Waals surface area contributed by atoms with Crippen molar-refractivity contribution in [2.45, 2.75) is 46.1 Å². The van der Waals surface area contributed by atoms with E-state index in [1.165, 1.54) is 18.4 Å². The predicted molar refractivity (Wildman–Crippen MR) is 101 cm³/mol. The Morgan fingerprint density at radius 2 is 2.04 bits per heavy atom. The molecule has 0 saturated carbocycles. The maximum Gasteiger partial charge on any atom is 0.220 e. The van der Waals surface area contributed by atoms with Gasteiger partial charge in [0.25, 0.3) is 0 Å². The van der Waals surface area contributed by atoms with Crippen LogP contribution < -0.4 is 15.4 Å². The Hall–Kier alpha value is -1.26. The van der Waals surface area contributed by atoms with Crippen molar-refractivity contribution in [3.8, 4) is 5.75 Å². The van der Waals surface area contributed by atoms with Gasteiger partial charge in [0, 0.05) is 6.42 Å². The fraction of sp³-hybridized carbons (Fsp3) is 0.632. The molecule has 136 valence electrons. The standard InChI is InChI=1S/C19H30N2O2.ClH/c1-14-5-4-6-18(11-14)23-13-16(3)21-19(22)12-15(2)17-7-9-20-10-8-17;/h4-6,11,15-17,20H,7-10,12-13H2,1-3H3,(H,21,22);1H. The van der Waals surface area contributed by atoms with Gasteiger partial charge >= 0.3 is 0 Å². The first kappa shape index (κ1) is 20.8. The van der Waals surface area contributed by atoms with Crippen molar-refractivity contribution in [3.63, 3.8) is 0 Å². The van der Waals surface area contributed by atoms with E-state index in [-0.39, 0.29) is 24.4 Å². The van der Waals surface area contributed by atoms with Crippen LogP contribution in [0.4, 0.5) is 0 Å². The van der Waals surface area contributed by atoms with Gasteiger partial charge in [-0.3, -0.25) is 4.79 Å². The topological polar surface area (TPSA) is 50.4 Å². The third-order valence-electron chi connectivity index (χ3n) is 4.59. The van der Waals surface area contributed by atoms with Gasteiger partial charge in [0.15, 0.2) is 0 Å². The van der Waals surface area contributed by atoms with Gasteiger partial charge in [0.05, 0.1) is 6.04 Å². The molecule has 4 nitrogen and oxygen atoms in total. The van der Waals surface area contributed by atoms with E-state index in [0.29, 0.717) is 24.9 Å². The Labute approximate surface area is 152 Å². The van der Waals surface area contributed by atoms with Crippen LogP contribution in [0.15, 0.2) is 24.3 Å². The highest BCUT2D eigenvalue weighted by Gasteiger charge is 2.22. The predicted octanol–water partition coefficient (Wildman–Crippen LogP) is 3.33. The third-order valence-corrected chi connectivity index (χ3v) is 4.59. The normalized spacial score (nSPS) is 17.5. The molecule has 0 radical (unpaired) electrons. The summed E-state index contributed by atoms with van der Waals surface area (Å²) in [5.41, 5.74) is 1.18. The Morgan fingerprint density at radius 1 is 1.33 bits per heavy atom. The summed E-state index contributed by atoms with van der Waals surface area (Å²) < 4.78 is 5.75. The summed E-state index contributed by atoms with van der Waals surface area (Å²) in [6, 6.07) is 7.99. The van der Waals surface area contributed by atoms with Crippen LogP contribution in [-0.2, 0) is 4.79 Å². The summed E-state index contributed by atoms with van der Waals surface area (Å²) in [4.78, 5) is 12.2. The molecule has 2 N–H and O–H groups in total. The van der Waals surface area contributed by atoms with Crippen molar-refractivity contribution in [1.29, 1.82) is 0 Å². The van der Waals surface area contributed by atoms with Gasteiger partial charge in [-0.2, -0.15) is 0 Å². The Bertz CT molecular complexity index is 504. The van der Waals surface area contributed by atoms with E-state index >= 15 is 0 Å². The molecule has 24 heavy (non-hydrogen) atoms. The molecule has 1 heterocycles. The van der Waals surface area contributed by atoms with Gasteiger partial charge in [0.1, 0.15) is 12.4 Å². The zero-order valence-corrected chi connectivity index (χ0v) is 15.8. The van der Waals surface area contributed by atoms with Gasteiger partial charge in [-0.15, -0.1) is 12.4 Å². The third kappa shape index (κ3) is 7.10. The molecule has 1 aliphatic heterocycles. The summed E-state index contributed by atoms with van der Waals surface area (Å²) >= 11 is 0. The van der Waals surface area contributed by atoms with E-state index in [1.54, 1.807) is 0 Å². The van der Waals surface area contributed by atoms with Gasteiger partial charge in [-0.25, -0.2) is 0 Å². The van der Waals surface area contributed by atoms with Crippen molar-refractivity contribution in [1.82, 2.24) is 10.6 Å². The van der Waals surface area contributed by atoms with Crippen LogP contribution in [0.3, 0.4) is 0 Å². The molecular weight excluding hydrogens is 324 g/mol. The number of benzene rings is 1. The van der Waals surface area contributed by atoms with E-state index in [1.807, 2.05) is 38.1 Å². The molecule has 2 rings (SSSR count). The fourth-order valence-corrected chi connectivity index (χ4v) is 3.17. The molecule has 2 atom stereocenters. The molecule has 0 bridgehead atoms. The summed E-state index contributed by atoms with van der Waals surface area (Å²) in [6.45, 7) is 8.89. The molecule has 0 spiro atoms. The van der Waals surface area contributed by atoms with Crippen LogP contribution in [0, 0.1) is 18.8 Å². The Balaban J connectivity index is 0.00000288. The number of nitrogens with one attached hydrogen (secondary N) is 2. The molecule has 1 saturated heterocycles. The van der Waals surface area contributed by atoms with Crippen LogP contribution in [-0.4, -0.2) is 31.6 Å². The van der Waals surface area contributed by atoms with Gasteiger partial charge < -0.3 is 15.4 Å². The number of halogens is 1. The molecule has 1 aromatic rings. The van der Waals surface area contributed by atoms with Crippen molar-refractivity contribution in [3.05, 3.63) is 29.8 Å². The maximum absolute atomic E-state index is 12.2. The van der Waals surface area contributed by atoms with Gasteiger partial charge in [0.2, 0.25) is 5.91 Å². The minimum atomic E-state index is 0. The summed E-state index contributed by atoms with van der Waals surface area (Å²) in [6.07, 6.45) is 2.97. The molecule has 1 aliphatic rings. The number of carbonyl (C=O) groups excluding carboxylic acids is 1. The average molecular weight is 355 g/mol. The second kappa shape index (κ2) is 10.6. The number of piperidine rings is 1. The number of rotatable bonds is 7. The molecule has 0 aromatic heterocycles. The van der Waals surface area contributed by atoms with E-state index in [2.05, 4.69) is 17.6 Å². The zero-order valence-electron chi connectivity index (χ0n) is 15.0. The first-order valence-corrected chi connectivity index (χ1v) is 8.74. The fourth-order valence-electron chi connectivity index (χ4n) is 3.17. The lowest BCUT2D eigenvalue weighted by Crippen LogP contribution is -2.39. The Kier molecular flexibility index (Phi) is 9.16. The first-order chi connectivity index (χ1) is 11.0. The van der Waals surface area contributed by atoms with E-state index < -0.39 is 0 Å². The average Bonchev–Trinajstić information content (AvgIpc) is 2.53. The van der Waals surface area contributed by atoms with Crippen LogP contribution in [0.1, 0.15) is 38.7 Å². The molecule has 5 heteroatoms. The largest absolute Gasteiger partial charge is 0.491 e. The van der Waals surface area contributed by atoms with Gasteiger partial charge in [-0.1, -0.05) is 19.1 Å². The van der Waals surface area contributed by atoms with Crippen LogP contribution >= 0.6 is 12.4 Å². The number of hydrogen-bond donors (Lipinski definition) is 2. The molecule has 0 aliphatic carbocycles. The minimum Gasteiger partial charge on any atom is -0.491 e. The van der Waals surface area contributed by atoms with Crippen LogP contribution in [0.25, 0.3) is 0 Å². The second-order valence-electron chi connectivity index (χ2n) is 6.86. The van der Waals surface area contributed by atoms with Crippen LogP contribution in [0.5, 0.6) is 5.75 Å². The first-order valence-electron chi connectivity index (χ1n) is 8.74. The maximum atomic E-state index is 12.2. The zero-order chi connectivity index (χ0) is 16.7. The Morgan fingerprint density at radius 3 is 2.71 bits per heavy atom. The quantitative estimate of drug-likeness (QED) is 0.789. The summed E-state index contributed by atoms with van der Waals surface area (Å²) in [7, 11) is 0. The lowest BCUT2D eigenvalue weighted by atomic mass is 9.84. The number of aryl methyl sites for hydroxylation is 1. The molecular formula is C19H31ClN2O2. The second-order valence-corrected chi connectivity index (χ2v) is 6.86. The lowest BCUT2D eigenvalue weighted by Gasteiger charge is -2.28. The van der Waals surface area contributed by atoms with E-state index in [4.69, 9.17) is 4.74 Å². The highest BCUT2D eigenvalue weighted by atomic mass is 35.5. The minimum absolute atomic E-state index is 0. The van der Waals surface area contributed by atoms with Crippen molar-refractivity contribution < 1.29 is 9.53 Å². The highest BCUT2D eigenvalue weighted by molar-refractivity contribution is 5.85.